The van der Waals surface area contributed by atoms with Gasteiger partial charge in [-0.3, -0.25) is 9.59 Å². The van der Waals surface area contributed by atoms with E-state index in [2.05, 4.69) is 0 Å². The van der Waals surface area contributed by atoms with Crippen LogP contribution in [0.2, 0.25) is 5.02 Å². The Morgan fingerprint density at radius 2 is 1.83 bits per heavy atom. The molecular formula is C13H14ClNO3. The Balaban J connectivity index is 2.23. The van der Waals surface area contributed by atoms with E-state index in [-0.39, 0.29) is 5.91 Å². The number of amides is 1. The van der Waals surface area contributed by atoms with Crippen LogP contribution in [0.1, 0.15) is 19.3 Å². The van der Waals surface area contributed by atoms with Gasteiger partial charge in [0.25, 0.3) is 0 Å². The Labute approximate surface area is 110 Å². The molecule has 18 heavy (non-hydrogen) atoms. The molecule has 1 aromatic carbocycles. The summed E-state index contributed by atoms with van der Waals surface area (Å²) in [5.74, 6) is -1.39. The summed E-state index contributed by atoms with van der Waals surface area (Å²) < 4.78 is 0. The van der Waals surface area contributed by atoms with Crippen LogP contribution in [-0.2, 0) is 9.59 Å². The second-order valence-corrected chi connectivity index (χ2v) is 5.02. The lowest BCUT2D eigenvalue weighted by Crippen LogP contribution is -2.51. The van der Waals surface area contributed by atoms with E-state index in [4.69, 9.17) is 11.6 Å². The highest BCUT2D eigenvalue weighted by atomic mass is 35.5. The van der Waals surface area contributed by atoms with E-state index in [1.54, 1.807) is 31.3 Å². The van der Waals surface area contributed by atoms with Gasteiger partial charge in [-0.25, -0.2) is 0 Å². The summed E-state index contributed by atoms with van der Waals surface area (Å²) in [5, 5.41) is 9.81. The third-order valence-corrected chi connectivity index (χ3v) is 3.80. The van der Waals surface area contributed by atoms with E-state index in [1.807, 2.05) is 0 Å². The summed E-state index contributed by atoms with van der Waals surface area (Å²) in [7, 11) is 1.59. The van der Waals surface area contributed by atoms with Crippen LogP contribution >= 0.6 is 11.6 Å². The van der Waals surface area contributed by atoms with Gasteiger partial charge in [-0.1, -0.05) is 18.0 Å². The van der Waals surface area contributed by atoms with Crippen LogP contribution in [0.4, 0.5) is 5.69 Å². The molecule has 1 aliphatic carbocycles. The first-order chi connectivity index (χ1) is 8.47. The largest absolute Gasteiger partial charge is 0.480 e. The number of benzene rings is 1. The monoisotopic (exact) mass is 267 g/mol. The zero-order valence-electron chi connectivity index (χ0n) is 10.0. The van der Waals surface area contributed by atoms with Gasteiger partial charge in [0.1, 0.15) is 5.41 Å². The van der Waals surface area contributed by atoms with Crippen molar-refractivity contribution in [3.8, 4) is 0 Å². The summed E-state index contributed by atoms with van der Waals surface area (Å²) in [4.78, 5) is 24.9. The van der Waals surface area contributed by atoms with Gasteiger partial charge in [-0.2, -0.15) is 0 Å². The first-order valence-corrected chi connectivity index (χ1v) is 6.12. The number of carboxylic acid groups (broad SMARTS) is 1. The van der Waals surface area contributed by atoms with Gasteiger partial charge < -0.3 is 10.0 Å². The summed E-state index contributed by atoms with van der Waals surface area (Å²) >= 11 is 5.78. The lowest BCUT2D eigenvalue weighted by atomic mass is 9.68. The minimum absolute atomic E-state index is 0.358. The minimum atomic E-state index is -1.23. The van der Waals surface area contributed by atoms with E-state index in [0.29, 0.717) is 23.6 Å². The quantitative estimate of drug-likeness (QED) is 0.857. The van der Waals surface area contributed by atoms with Crippen LogP contribution in [0.5, 0.6) is 0 Å². The molecule has 1 amide bonds. The number of nitrogens with zero attached hydrogens (tertiary/aromatic N) is 1. The third kappa shape index (κ3) is 1.97. The van der Waals surface area contributed by atoms with Gasteiger partial charge in [0.05, 0.1) is 0 Å². The molecule has 0 heterocycles. The van der Waals surface area contributed by atoms with Crippen molar-refractivity contribution >= 4 is 29.2 Å². The van der Waals surface area contributed by atoms with E-state index < -0.39 is 11.4 Å². The molecule has 1 fully saturated rings. The first-order valence-electron chi connectivity index (χ1n) is 5.74. The number of anilines is 1. The van der Waals surface area contributed by atoms with Gasteiger partial charge in [-0.05, 0) is 37.1 Å². The summed E-state index contributed by atoms with van der Waals surface area (Å²) in [6, 6.07) is 6.76. The fourth-order valence-corrected chi connectivity index (χ4v) is 2.28. The molecule has 0 atom stereocenters. The van der Waals surface area contributed by atoms with Crippen LogP contribution in [0.3, 0.4) is 0 Å². The average molecular weight is 268 g/mol. The second-order valence-electron chi connectivity index (χ2n) is 4.58. The van der Waals surface area contributed by atoms with Crippen molar-refractivity contribution in [1.29, 1.82) is 0 Å². The van der Waals surface area contributed by atoms with Crippen LogP contribution in [0, 0.1) is 5.41 Å². The van der Waals surface area contributed by atoms with E-state index in [1.165, 1.54) is 4.90 Å². The predicted molar refractivity (Wildman–Crippen MR) is 68.8 cm³/mol. The molecule has 2 rings (SSSR count). The van der Waals surface area contributed by atoms with Crippen molar-refractivity contribution < 1.29 is 14.7 Å². The van der Waals surface area contributed by atoms with Gasteiger partial charge in [0.2, 0.25) is 5.91 Å². The number of halogens is 1. The molecule has 1 N–H and O–H groups in total. The third-order valence-electron chi connectivity index (χ3n) is 3.54. The van der Waals surface area contributed by atoms with E-state index in [0.717, 1.165) is 6.42 Å². The van der Waals surface area contributed by atoms with Crippen LogP contribution in [0.25, 0.3) is 0 Å². The number of hydrogen-bond acceptors (Lipinski definition) is 2. The van der Waals surface area contributed by atoms with Gasteiger partial charge in [-0.15, -0.1) is 0 Å². The van der Waals surface area contributed by atoms with Crippen molar-refractivity contribution in [2.24, 2.45) is 5.41 Å². The topological polar surface area (TPSA) is 57.6 Å². The molecule has 5 heteroatoms. The zero-order chi connectivity index (χ0) is 13.3. The maximum Gasteiger partial charge on any atom is 0.319 e. The highest BCUT2D eigenvalue weighted by Gasteiger charge is 2.52. The number of carboxylic acids is 1. The molecule has 0 spiro atoms. The number of carbonyl (C=O) groups excluding carboxylic acids is 1. The molecule has 1 saturated carbocycles. The van der Waals surface area contributed by atoms with Crippen molar-refractivity contribution in [2.45, 2.75) is 19.3 Å². The van der Waals surface area contributed by atoms with Crippen LogP contribution in [0.15, 0.2) is 24.3 Å². The lowest BCUT2D eigenvalue weighted by Gasteiger charge is -2.38. The number of aliphatic carboxylic acids is 1. The molecule has 0 aliphatic heterocycles. The minimum Gasteiger partial charge on any atom is -0.480 e. The van der Waals surface area contributed by atoms with Crippen molar-refractivity contribution in [3.63, 3.8) is 0 Å². The molecule has 0 unspecified atom stereocenters. The van der Waals surface area contributed by atoms with E-state index in [9.17, 15) is 14.7 Å². The Kier molecular flexibility index (Phi) is 3.30. The molecule has 4 nitrogen and oxygen atoms in total. The normalized spacial score (nSPS) is 16.8. The Hall–Kier alpha value is -1.55. The smallest absolute Gasteiger partial charge is 0.319 e. The van der Waals surface area contributed by atoms with Crippen LogP contribution < -0.4 is 4.90 Å². The van der Waals surface area contributed by atoms with Gasteiger partial charge >= 0.3 is 5.97 Å². The van der Waals surface area contributed by atoms with Gasteiger partial charge in [0.15, 0.2) is 0 Å². The summed E-state index contributed by atoms with van der Waals surface area (Å²) in [5.41, 5.74) is -0.578. The van der Waals surface area contributed by atoms with Gasteiger partial charge in [0, 0.05) is 17.8 Å². The van der Waals surface area contributed by atoms with E-state index >= 15 is 0 Å². The molecule has 0 bridgehead atoms. The van der Waals surface area contributed by atoms with Crippen molar-refractivity contribution in [3.05, 3.63) is 29.3 Å². The molecular weight excluding hydrogens is 254 g/mol. The summed E-state index contributed by atoms with van der Waals surface area (Å²) in [6.45, 7) is 0. The van der Waals surface area contributed by atoms with Crippen molar-refractivity contribution in [2.75, 3.05) is 11.9 Å². The highest BCUT2D eigenvalue weighted by molar-refractivity contribution is 6.30. The van der Waals surface area contributed by atoms with Crippen LogP contribution in [-0.4, -0.2) is 24.0 Å². The first kappa shape index (κ1) is 12.9. The molecule has 0 saturated heterocycles. The Bertz CT molecular complexity index is 480. The molecule has 0 radical (unpaired) electrons. The molecule has 1 aromatic rings. The fourth-order valence-electron chi connectivity index (χ4n) is 2.15. The Morgan fingerprint density at radius 1 is 1.28 bits per heavy atom. The second kappa shape index (κ2) is 4.61. The molecule has 0 aromatic heterocycles. The SMILES string of the molecule is CN(C(=O)C1(C(=O)O)CCC1)c1ccc(Cl)cc1. The highest BCUT2D eigenvalue weighted by Crippen LogP contribution is 2.43. The zero-order valence-corrected chi connectivity index (χ0v) is 10.8. The Morgan fingerprint density at radius 3 is 2.22 bits per heavy atom. The number of hydrogen-bond donors (Lipinski definition) is 1. The summed E-state index contributed by atoms with van der Waals surface area (Å²) in [6.07, 6.45) is 1.62. The molecule has 96 valence electrons. The average Bonchev–Trinajstić information content (AvgIpc) is 2.27. The van der Waals surface area contributed by atoms with Crippen molar-refractivity contribution in [1.82, 2.24) is 0 Å². The number of rotatable bonds is 3. The standard InChI is InChI=1S/C13H14ClNO3/c1-15(10-5-3-9(14)4-6-10)11(16)13(12(17)18)7-2-8-13/h3-6H,2,7-8H2,1H3,(H,17,18). The maximum absolute atomic E-state index is 12.3. The predicted octanol–water partition coefficient (Wildman–Crippen LogP) is 2.56. The lowest BCUT2D eigenvalue weighted by molar-refractivity contribution is -0.160. The number of carbonyl (C=O) groups is 2. The maximum atomic E-state index is 12.3. The fraction of sp³-hybridized carbons (Fsp3) is 0.385. The molecule has 1 aliphatic rings.